The second kappa shape index (κ2) is 11.0. The largest absolute Gasteiger partial charge is 0.512 e. The Balaban J connectivity index is 1.55. The molecule has 0 bridgehead atoms. The van der Waals surface area contributed by atoms with E-state index in [1.807, 2.05) is 60.7 Å². The molecule has 0 atom stereocenters. The molecule has 0 aliphatic carbocycles. The predicted molar refractivity (Wildman–Crippen MR) is 141 cm³/mol. The number of benzene rings is 3. The molecular formula is C29H31NO5S. The van der Waals surface area contributed by atoms with Crippen LogP contribution in [0.3, 0.4) is 0 Å². The number of rotatable bonds is 10. The van der Waals surface area contributed by atoms with E-state index in [2.05, 4.69) is 4.72 Å². The van der Waals surface area contributed by atoms with Crippen molar-refractivity contribution in [2.45, 2.75) is 44.1 Å². The van der Waals surface area contributed by atoms with E-state index >= 15 is 0 Å². The SMILES string of the molecule is CS(=O)(=O)Nc1cccc(CC2=C(O)CC(CCc3ccccc3)(CCc3ccccc3)OC2=O)c1. The monoisotopic (exact) mass is 505 g/mol. The maximum atomic E-state index is 13.2. The molecule has 1 aliphatic rings. The Morgan fingerprint density at radius 1 is 0.861 bits per heavy atom. The lowest BCUT2D eigenvalue weighted by Crippen LogP contribution is -2.41. The molecule has 6 nitrogen and oxygen atoms in total. The predicted octanol–water partition coefficient (Wildman–Crippen LogP) is 5.36. The van der Waals surface area contributed by atoms with Gasteiger partial charge < -0.3 is 9.84 Å². The second-order valence-corrected chi connectivity index (χ2v) is 11.1. The topological polar surface area (TPSA) is 92.7 Å². The van der Waals surface area contributed by atoms with E-state index in [1.54, 1.807) is 24.3 Å². The van der Waals surface area contributed by atoms with Crippen LogP contribution in [0.5, 0.6) is 0 Å². The first kappa shape index (κ1) is 25.5. The fraction of sp³-hybridized carbons (Fsp3) is 0.276. The van der Waals surface area contributed by atoms with Crippen molar-refractivity contribution in [1.29, 1.82) is 0 Å². The number of anilines is 1. The van der Waals surface area contributed by atoms with Crippen LogP contribution in [0, 0.1) is 0 Å². The number of carbonyl (C=O) groups is 1. The molecule has 188 valence electrons. The smallest absolute Gasteiger partial charge is 0.338 e. The van der Waals surface area contributed by atoms with Crippen molar-refractivity contribution in [3.05, 3.63) is 113 Å². The summed E-state index contributed by atoms with van der Waals surface area (Å²) in [5.41, 5.74) is 2.80. The standard InChI is InChI=1S/C29H31NO5S/c1-36(33,34)30-25-14-8-13-24(19-25)20-26-27(31)21-29(35-28(26)32,17-15-22-9-4-2-5-10-22)18-16-23-11-6-3-7-12-23/h2-14,19,30-31H,15-18,20-21H2,1H3. The average molecular weight is 506 g/mol. The van der Waals surface area contributed by atoms with Gasteiger partial charge in [-0.15, -0.1) is 0 Å². The lowest BCUT2D eigenvalue weighted by atomic mass is 9.82. The van der Waals surface area contributed by atoms with Gasteiger partial charge in [0.1, 0.15) is 11.4 Å². The van der Waals surface area contributed by atoms with Crippen LogP contribution < -0.4 is 4.72 Å². The van der Waals surface area contributed by atoms with Crippen molar-refractivity contribution in [2.24, 2.45) is 0 Å². The molecule has 4 rings (SSSR count). The van der Waals surface area contributed by atoms with Crippen LogP contribution in [0.25, 0.3) is 0 Å². The summed E-state index contributed by atoms with van der Waals surface area (Å²) in [5.74, 6) is -0.491. The maximum absolute atomic E-state index is 13.2. The van der Waals surface area contributed by atoms with Gasteiger partial charge in [0.05, 0.1) is 11.8 Å². The minimum absolute atomic E-state index is 0.0360. The maximum Gasteiger partial charge on any atom is 0.338 e. The van der Waals surface area contributed by atoms with Crippen LogP contribution >= 0.6 is 0 Å². The molecule has 0 fully saturated rings. The lowest BCUT2D eigenvalue weighted by molar-refractivity contribution is -0.160. The molecule has 2 N–H and O–H groups in total. The number of ether oxygens (including phenoxy) is 1. The summed E-state index contributed by atoms with van der Waals surface area (Å²) < 4.78 is 31.7. The van der Waals surface area contributed by atoms with Gasteiger partial charge in [-0.05, 0) is 54.5 Å². The van der Waals surface area contributed by atoms with Gasteiger partial charge in [0.15, 0.2) is 0 Å². The highest BCUT2D eigenvalue weighted by atomic mass is 32.2. The first-order chi connectivity index (χ1) is 17.2. The fourth-order valence-corrected chi connectivity index (χ4v) is 5.15. The molecule has 3 aromatic carbocycles. The quantitative estimate of drug-likeness (QED) is 0.362. The Bertz CT molecular complexity index is 1290. The summed E-state index contributed by atoms with van der Waals surface area (Å²) in [6, 6.07) is 26.9. The summed E-state index contributed by atoms with van der Waals surface area (Å²) in [6.07, 6.45) is 4.13. The number of aliphatic hydroxyl groups is 1. The molecule has 1 aliphatic heterocycles. The Morgan fingerprint density at radius 3 is 1.94 bits per heavy atom. The van der Waals surface area contributed by atoms with Gasteiger partial charge >= 0.3 is 5.97 Å². The molecule has 0 spiro atoms. The van der Waals surface area contributed by atoms with Crippen LogP contribution in [-0.4, -0.2) is 31.4 Å². The van der Waals surface area contributed by atoms with Crippen molar-refractivity contribution in [1.82, 2.24) is 0 Å². The summed E-state index contributed by atoms with van der Waals surface area (Å²) in [7, 11) is -3.43. The normalized spacial score (nSPS) is 15.4. The van der Waals surface area contributed by atoms with E-state index in [9.17, 15) is 18.3 Å². The van der Waals surface area contributed by atoms with Crippen molar-refractivity contribution in [3.63, 3.8) is 0 Å². The number of nitrogens with one attached hydrogen (secondary N) is 1. The molecule has 7 heteroatoms. The third kappa shape index (κ3) is 6.98. The summed E-state index contributed by atoms with van der Waals surface area (Å²) in [5, 5.41) is 11.1. The first-order valence-corrected chi connectivity index (χ1v) is 13.9. The Hall–Kier alpha value is -3.58. The van der Waals surface area contributed by atoms with E-state index in [0.717, 1.165) is 30.2 Å². The number of cyclic esters (lactones) is 1. The summed E-state index contributed by atoms with van der Waals surface area (Å²) in [4.78, 5) is 13.2. The van der Waals surface area contributed by atoms with Gasteiger partial charge in [-0.2, -0.15) is 0 Å². The molecule has 0 radical (unpaired) electrons. The fourth-order valence-electron chi connectivity index (χ4n) is 4.60. The third-order valence-electron chi connectivity index (χ3n) is 6.43. The third-order valence-corrected chi connectivity index (χ3v) is 7.04. The summed E-state index contributed by atoms with van der Waals surface area (Å²) in [6.45, 7) is 0. The molecule has 3 aromatic rings. The zero-order valence-corrected chi connectivity index (χ0v) is 21.1. The van der Waals surface area contributed by atoms with Gasteiger partial charge in [0.25, 0.3) is 0 Å². The minimum atomic E-state index is -3.43. The van der Waals surface area contributed by atoms with E-state index < -0.39 is 21.6 Å². The number of esters is 1. The average Bonchev–Trinajstić information content (AvgIpc) is 2.84. The molecule has 0 amide bonds. The minimum Gasteiger partial charge on any atom is -0.512 e. The van der Waals surface area contributed by atoms with E-state index in [1.165, 1.54) is 0 Å². The van der Waals surface area contributed by atoms with Crippen LogP contribution in [-0.2, 0) is 38.8 Å². The molecular weight excluding hydrogens is 474 g/mol. The zero-order chi connectivity index (χ0) is 25.6. The number of hydrogen-bond donors (Lipinski definition) is 2. The number of aliphatic hydroxyl groups excluding tert-OH is 1. The van der Waals surface area contributed by atoms with Crippen molar-refractivity contribution in [3.8, 4) is 0 Å². The number of hydrogen-bond acceptors (Lipinski definition) is 5. The highest BCUT2D eigenvalue weighted by Crippen LogP contribution is 2.37. The molecule has 0 saturated carbocycles. The summed E-state index contributed by atoms with van der Waals surface area (Å²) >= 11 is 0. The van der Waals surface area contributed by atoms with E-state index in [4.69, 9.17) is 4.74 Å². The Labute approximate surface area is 212 Å². The second-order valence-electron chi connectivity index (χ2n) is 9.40. The van der Waals surface area contributed by atoms with E-state index in [-0.39, 0.29) is 24.2 Å². The van der Waals surface area contributed by atoms with Crippen molar-refractivity contribution < 1.29 is 23.1 Å². The number of aryl methyl sites for hydroxylation is 2. The van der Waals surface area contributed by atoms with Gasteiger partial charge in [-0.1, -0.05) is 72.8 Å². The van der Waals surface area contributed by atoms with Crippen molar-refractivity contribution >= 4 is 21.7 Å². The Morgan fingerprint density at radius 2 is 1.42 bits per heavy atom. The first-order valence-electron chi connectivity index (χ1n) is 12.0. The molecule has 36 heavy (non-hydrogen) atoms. The zero-order valence-electron chi connectivity index (χ0n) is 20.3. The van der Waals surface area contributed by atoms with Crippen LogP contribution in [0.4, 0.5) is 5.69 Å². The van der Waals surface area contributed by atoms with Gasteiger partial charge in [0.2, 0.25) is 10.0 Å². The number of carbonyl (C=O) groups excluding carboxylic acids is 1. The lowest BCUT2D eigenvalue weighted by Gasteiger charge is -2.37. The van der Waals surface area contributed by atoms with Crippen molar-refractivity contribution in [2.75, 3.05) is 11.0 Å². The van der Waals surface area contributed by atoms with Gasteiger partial charge in [0, 0.05) is 18.5 Å². The number of sulfonamides is 1. The highest BCUT2D eigenvalue weighted by molar-refractivity contribution is 7.92. The van der Waals surface area contributed by atoms with Crippen LogP contribution in [0.1, 0.15) is 36.0 Å². The molecule has 0 saturated heterocycles. The van der Waals surface area contributed by atoms with Gasteiger partial charge in [-0.25, -0.2) is 13.2 Å². The van der Waals surface area contributed by atoms with Crippen LogP contribution in [0.2, 0.25) is 0 Å². The van der Waals surface area contributed by atoms with Gasteiger partial charge in [-0.3, -0.25) is 4.72 Å². The van der Waals surface area contributed by atoms with E-state index in [0.29, 0.717) is 24.1 Å². The van der Waals surface area contributed by atoms with Crippen LogP contribution in [0.15, 0.2) is 96.3 Å². The molecule has 1 heterocycles. The molecule has 0 aromatic heterocycles. The highest BCUT2D eigenvalue weighted by Gasteiger charge is 2.41. The molecule has 0 unspecified atom stereocenters. The Kier molecular flexibility index (Phi) is 7.79.